The molecule has 2 aromatic rings. The second-order valence-corrected chi connectivity index (χ2v) is 9.21. The molecule has 2 aliphatic rings. The van der Waals surface area contributed by atoms with Crippen LogP contribution in [0.5, 0.6) is 0 Å². The summed E-state index contributed by atoms with van der Waals surface area (Å²) >= 11 is 2.87. The van der Waals surface area contributed by atoms with Crippen LogP contribution < -0.4 is 10.9 Å². The summed E-state index contributed by atoms with van der Waals surface area (Å²) in [5.74, 6) is -0.252. The van der Waals surface area contributed by atoms with E-state index < -0.39 is 5.25 Å². The molecule has 1 atom stereocenters. The Bertz CT molecular complexity index is 981. The van der Waals surface area contributed by atoms with E-state index in [1.54, 1.807) is 22.8 Å². The monoisotopic (exact) mass is 406 g/mol. The molecule has 3 amide bonds. The lowest BCUT2D eigenvalue weighted by Crippen LogP contribution is -2.39. The van der Waals surface area contributed by atoms with Crippen LogP contribution in [0.2, 0.25) is 0 Å². The minimum atomic E-state index is -0.495. The van der Waals surface area contributed by atoms with Crippen LogP contribution in [-0.2, 0) is 24.2 Å². The number of fused-ring (bicyclic) bond motifs is 3. The summed E-state index contributed by atoms with van der Waals surface area (Å²) in [6.45, 7) is 5.03. The highest BCUT2D eigenvalue weighted by molar-refractivity contribution is 8.00. The summed E-state index contributed by atoms with van der Waals surface area (Å²) in [5.41, 5.74) is 1.17. The van der Waals surface area contributed by atoms with Gasteiger partial charge in [-0.2, -0.15) is 0 Å². The molecule has 1 aliphatic heterocycles. The van der Waals surface area contributed by atoms with Gasteiger partial charge in [0.2, 0.25) is 5.91 Å². The van der Waals surface area contributed by atoms with Gasteiger partial charge in [-0.05, 0) is 45.1 Å². The largest absolute Gasteiger partial charge is 0.336 e. The molecule has 0 aromatic carbocycles. The van der Waals surface area contributed by atoms with Gasteiger partial charge in [0, 0.05) is 24.5 Å². The quantitative estimate of drug-likeness (QED) is 0.623. The van der Waals surface area contributed by atoms with Crippen LogP contribution in [0.1, 0.15) is 37.1 Å². The maximum Gasteiger partial charge on any atom is 0.324 e. The Balaban J connectivity index is 1.70. The van der Waals surface area contributed by atoms with Crippen molar-refractivity contribution in [1.29, 1.82) is 0 Å². The zero-order valence-electron chi connectivity index (χ0n) is 15.4. The summed E-state index contributed by atoms with van der Waals surface area (Å²) in [6, 6.07) is -0.352. The first-order valence-electron chi connectivity index (χ1n) is 9.32. The molecule has 0 saturated carbocycles. The molecule has 3 heterocycles. The van der Waals surface area contributed by atoms with Crippen LogP contribution in [-0.4, -0.2) is 44.7 Å². The second-order valence-electron chi connectivity index (χ2n) is 6.82. The molecule has 4 rings (SSSR count). The van der Waals surface area contributed by atoms with Crippen molar-refractivity contribution in [2.24, 2.45) is 0 Å². The van der Waals surface area contributed by atoms with Crippen molar-refractivity contribution in [3.8, 4) is 0 Å². The number of imide groups is 1. The third-order valence-electron chi connectivity index (χ3n) is 5.11. The van der Waals surface area contributed by atoms with E-state index in [0.29, 0.717) is 24.8 Å². The van der Waals surface area contributed by atoms with Crippen molar-refractivity contribution in [2.75, 3.05) is 13.1 Å². The van der Waals surface area contributed by atoms with Gasteiger partial charge >= 0.3 is 6.03 Å². The molecular weight excluding hydrogens is 384 g/mol. The number of carbonyl (C=O) groups excluding carboxylic acids is 2. The van der Waals surface area contributed by atoms with Crippen LogP contribution in [0, 0.1) is 0 Å². The smallest absolute Gasteiger partial charge is 0.324 e. The highest BCUT2D eigenvalue weighted by atomic mass is 32.2. The molecule has 2 aromatic heterocycles. The number of amides is 3. The van der Waals surface area contributed by atoms with Crippen molar-refractivity contribution in [3.05, 3.63) is 20.8 Å². The summed E-state index contributed by atoms with van der Waals surface area (Å²) in [5, 5.41) is 3.46. The second kappa shape index (κ2) is 7.27. The predicted octanol–water partition coefficient (Wildman–Crippen LogP) is 2.39. The number of thiophene rings is 1. The van der Waals surface area contributed by atoms with Gasteiger partial charge in [-0.1, -0.05) is 11.8 Å². The molecule has 0 spiro atoms. The maximum absolute atomic E-state index is 13.1. The highest BCUT2D eigenvalue weighted by Gasteiger charge is 2.31. The number of nitrogens with zero attached hydrogens (tertiary/aromatic N) is 3. The molecule has 9 heteroatoms. The molecule has 0 bridgehead atoms. The first-order chi connectivity index (χ1) is 13.0. The summed E-state index contributed by atoms with van der Waals surface area (Å²) in [6.07, 6.45) is 4.24. The van der Waals surface area contributed by atoms with E-state index in [1.807, 2.05) is 6.92 Å². The highest BCUT2D eigenvalue weighted by Crippen LogP contribution is 2.35. The van der Waals surface area contributed by atoms with Gasteiger partial charge in [0.15, 0.2) is 5.16 Å². The average molecular weight is 407 g/mol. The van der Waals surface area contributed by atoms with Gasteiger partial charge in [-0.25, -0.2) is 9.78 Å². The fourth-order valence-corrected chi connectivity index (χ4v) is 6.04. The number of carbonyl (C=O) groups is 2. The van der Waals surface area contributed by atoms with E-state index >= 15 is 0 Å². The zero-order valence-corrected chi connectivity index (χ0v) is 17.0. The molecule has 0 unspecified atom stereocenters. The number of rotatable bonds is 4. The third kappa shape index (κ3) is 3.16. The lowest BCUT2D eigenvalue weighted by atomic mass is 9.97. The number of thioether (sulfide) groups is 1. The van der Waals surface area contributed by atoms with Crippen LogP contribution in [0.25, 0.3) is 10.2 Å². The Morgan fingerprint density at radius 2 is 2.11 bits per heavy atom. The zero-order chi connectivity index (χ0) is 19.1. The van der Waals surface area contributed by atoms with Crippen molar-refractivity contribution >= 4 is 45.3 Å². The molecule has 144 valence electrons. The fraction of sp³-hybridized carbons (Fsp3) is 0.556. The first-order valence-corrected chi connectivity index (χ1v) is 11.0. The molecule has 0 radical (unpaired) electrons. The van der Waals surface area contributed by atoms with Crippen LogP contribution in [0.3, 0.4) is 0 Å². The molecule has 27 heavy (non-hydrogen) atoms. The average Bonchev–Trinajstić information content (AvgIpc) is 3.24. The Hall–Kier alpha value is -1.87. The number of nitrogens with one attached hydrogen (secondary N) is 1. The number of hydrogen-bond donors (Lipinski definition) is 1. The number of urea groups is 1. The lowest BCUT2D eigenvalue weighted by Gasteiger charge is -2.18. The Labute approximate surface area is 165 Å². The van der Waals surface area contributed by atoms with E-state index in [9.17, 15) is 14.4 Å². The van der Waals surface area contributed by atoms with Crippen molar-refractivity contribution in [2.45, 2.75) is 56.5 Å². The molecule has 1 saturated heterocycles. The van der Waals surface area contributed by atoms with Gasteiger partial charge in [-0.3, -0.25) is 19.1 Å². The van der Waals surface area contributed by atoms with Crippen LogP contribution in [0.4, 0.5) is 4.79 Å². The standard InChI is InChI=1S/C18H22N4O3S2/c1-3-21-16(24)13-11-6-4-5-7-12(11)27-14(13)20-18(21)26-10(2)15(23)22-9-8-19-17(22)25/h10H,3-9H2,1-2H3,(H,19,25)/t10-/m0/s1. The van der Waals surface area contributed by atoms with Crippen molar-refractivity contribution < 1.29 is 9.59 Å². The maximum atomic E-state index is 13.1. The summed E-state index contributed by atoms with van der Waals surface area (Å²) in [7, 11) is 0. The molecule has 1 N–H and O–H groups in total. The molecular formula is C18H22N4O3S2. The lowest BCUT2D eigenvalue weighted by molar-refractivity contribution is -0.126. The number of aromatic nitrogens is 2. The number of aryl methyl sites for hydroxylation is 2. The molecule has 1 fully saturated rings. The van der Waals surface area contributed by atoms with E-state index in [2.05, 4.69) is 5.32 Å². The van der Waals surface area contributed by atoms with Gasteiger partial charge < -0.3 is 5.32 Å². The normalized spacial score (nSPS) is 17.9. The minimum Gasteiger partial charge on any atom is -0.336 e. The van der Waals surface area contributed by atoms with Crippen LogP contribution >= 0.6 is 23.1 Å². The van der Waals surface area contributed by atoms with Crippen molar-refractivity contribution in [1.82, 2.24) is 19.8 Å². The third-order valence-corrected chi connectivity index (χ3v) is 7.37. The SMILES string of the molecule is CCn1c(S[C@@H](C)C(=O)N2CCNC2=O)nc2sc3c(c2c1=O)CCCC3. The number of hydrogen-bond acceptors (Lipinski definition) is 6. The molecule has 1 aliphatic carbocycles. The van der Waals surface area contributed by atoms with Gasteiger partial charge in [0.1, 0.15) is 4.83 Å². The van der Waals surface area contributed by atoms with Gasteiger partial charge in [-0.15, -0.1) is 11.3 Å². The minimum absolute atomic E-state index is 0.0111. The van der Waals surface area contributed by atoms with Gasteiger partial charge in [0.25, 0.3) is 5.56 Å². The van der Waals surface area contributed by atoms with E-state index in [4.69, 9.17) is 4.98 Å². The Morgan fingerprint density at radius 3 is 2.81 bits per heavy atom. The molecule has 7 nitrogen and oxygen atoms in total. The summed E-state index contributed by atoms with van der Waals surface area (Å²) in [4.78, 5) is 45.5. The Morgan fingerprint density at radius 1 is 1.33 bits per heavy atom. The van der Waals surface area contributed by atoms with Gasteiger partial charge in [0.05, 0.1) is 10.6 Å². The Kier molecular flexibility index (Phi) is 4.98. The van der Waals surface area contributed by atoms with Crippen LogP contribution in [0.15, 0.2) is 9.95 Å². The summed E-state index contributed by atoms with van der Waals surface area (Å²) < 4.78 is 1.66. The topological polar surface area (TPSA) is 84.3 Å². The van der Waals surface area contributed by atoms with E-state index in [0.717, 1.165) is 35.9 Å². The van der Waals surface area contributed by atoms with E-state index in [-0.39, 0.29) is 17.5 Å². The van der Waals surface area contributed by atoms with E-state index in [1.165, 1.54) is 27.1 Å². The first kappa shape index (κ1) is 18.5. The van der Waals surface area contributed by atoms with Crippen molar-refractivity contribution in [3.63, 3.8) is 0 Å². The predicted molar refractivity (Wildman–Crippen MR) is 107 cm³/mol. The fourth-order valence-electron chi connectivity index (χ4n) is 3.70.